The van der Waals surface area contributed by atoms with Crippen molar-refractivity contribution >= 4 is 11.7 Å². The Morgan fingerprint density at radius 1 is 1.21 bits per heavy atom. The van der Waals surface area contributed by atoms with E-state index in [1.165, 1.54) is 25.7 Å². The van der Waals surface area contributed by atoms with Crippen molar-refractivity contribution in [1.82, 2.24) is 14.9 Å². The molecule has 2 fully saturated rings. The highest BCUT2D eigenvalue weighted by Crippen LogP contribution is 2.25. The van der Waals surface area contributed by atoms with Gasteiger partial charge in [-0.05, 0) is 31.6 Å². The topological polar surface area (TPSA) is 58.6 Å². The molecule has 2 aliphatic rings. The van der Waals surface area contributed by atoms with Crippen molar-refractivity contribution in [3.05, 3.63) is 12.4 Å². The highest BCUT2D eigenvalue weighted by Gasteiger charge is 2.22. The molecule has 0 aromatic carbocycles. The Labute approximate surface area is 144 Å². The van der Waals surface area contributed by atoms with Crippen LogP contribution >= 0.6 is 0 Å². The van der Waals surface area contributed by atoms with Gasteiger partial charge >= 0.3 is 0 Å². The van der Waals surface area contributed by atoms with E-state index < -0.39 is 0 Å². The molecule has 24 heavy (non-hydrogen) atoms. The van der Waals surface area contributed by atoms with Crippen molar-refractivity contribution in [3.8, 4) is 5.88 Å². The molecule has 3 rings (SSSR count). The van der Waals surface area contributed by atoms with Crippen LogP contribution in [0, 0.1) is 5.92 Å². The number of anilines is 1. The summed E-state index contributed by atoms with van der Waals surface area (Å²) in [6.45, 7) is 5.69. The second-order valence-corrected chi connectivity index (χ2v) is 6.83. The van der Waals surface area contributed by atoms with Crippen molar-refractivity contribution in [2.45, 2.75) is 45.4 Å². The minimum absolute atomic E-state index is 0.174. The Bertz CT molecular complexity index is 546. The van der Waals surface area contributed by atoms with Gasteiger partial charge in [-0.25, -0.2) is 0 Å². The van der Waals surface area contributed by atoms with Gasteiger partial charge in [0, 0.05) is 19.6 Å². The molecule has 1 aliphatic heterocycles. The Hall–Kier alpha value is -1.85. The molecule has 0 bridgehead atoms. The van der Waals surface area contributed by atoms with E-state index in [-0.39, 0.29) is 5.91 Å². The zero-order chi connectivity index (χ0) is 16.8. The first-order chi connectivity index (χ1) is 11.8. The molecule has 0 unspecified atom stereocenters. The van der Waals surface area contributed by atoms with Gasteiger partial charge in [-0.2, -0.15) is 4.98 Å². The van der Waals surface area contributed by atoms with E-state index in [1.807, 2.05) is 9.80 Å². The number of nitrogens with zero attached hydrogens (tertiary/aromatic N) is 4. The van der Waals surface area contributed by atoms with Gasteiger partial charge in [0.15, 0.2) is 5.82 Å². The predicted molar refractivity (Wildman–Crippen MR) is 93.2 cm³/mol. The lowest BCUT2D eigenvalue weighted by molar-refractivity contribution is -0.129. The zero-order valence-electron chi connectivity index (χ0n) is 14.6. The fourth-order valence-electron chi connectivity index (χ4n) is 3.56. The largest absolute Gasteiger partial charge is 0.476 e. The van der Waals surface area contributed by atoms with Crippen molar-refractivity contribution in [1.29, 1.82) is 0 Å². The van der Waals surface area contributed by atoms with Crippen LogP contribution in [0.15, 0.2) is 12.4 Å². The number of carbonyl (C=O) groups excluding carboxylic acids is 1. The summed E-state index contributed by atoms with van der Waals surface area (Å²) in [5.74, 6) is 2.14. The van der Waals surface area contributed by atoms with E-state index in [2.05, 4.69) is 16.9 Å². The molecule has 1 aliphatic carbocycles. The molecular weight excluding hydrogens is 304 g/mol. The highest BCUT2D eigenvalue weighted by atomic mass is 16.5. The standard InChI is InChI=1S/C18H28N4O2/c1-2-8-21-9-5-10-22(13-18(21)23)16-11-19-12-17(20-16)24-14-15-6-3-4-7-15/h11-12,15H,2-10,13-14H2,1H3. The van der Waals surface area contributed by atoms with Crippen LogP contribution in [-0.2, 0) is 4.79 Å². The molecule has 1 aromatic heterocycles. The molecule has 6 heteroatoms. The van der Waals surface area contributed by atoms with Crippen LogP contribution in [0.2, 0.25) is 0 Å². The van der Waals surface area contributed by atoms with Crippen molar-refractivity contribution in [2.24, 2.45) is 5.92 Å². The third-order valence-corrected chi connectivity index (χ3v) is 4.89. The first-order valence-electron chi connectivity index (χ1n) is 9.24. The number of hydrogen-bond donors (Lipinski definition) is 0. The van der Waals surface area contributed by atoms with Crippen molar-refractivity contribution < 1.29 is 9.53 Å². The lowest BCUT2D eigenvalue weighted by Crippen LogP contribution is -2.37. The summed E-state index contributed by atoms with van der Waals surface area (Å²) < 4.78 is 5.84. The van der Waals surface area contributed by atoms with E-state index >= 15 is 0 Å². The van der Waals surface area contributed by atoms with Crippen LogP contribution in [0.25, 0.3) is 0 Å². The number of aromatic nitrogens is 2. The molecule has 1 saturated heterocycles. The summed E-state index contributed by atoms with van der Waals surface area (Å²) in [5, 5.41) is 0. The molecule has 0 radical (unpaired) electrons. The lowest BCUT2D eigenvalue weighted by atomic mass is 10.1. The van der Waals surface area contributed by atoms with Crippen LogP contribution in [0.4, 0.5) is 5.82 Å². The Kier molecular flexibility index (Phi) is 5.88. The molecule has 0 spiro atoms. The highest BCUT2D eigenvalue weighted by molar-refractivity contribution is 5.81. The van der Waals surface area contributed by atoms with E-state index in [1.54, 1.807) is 12.4 Å². The number of carbonyl (C=O) groups is 1. The maximum Gasteiger partial charge on any atom is 0.242 e. The normalized spacial score (nSPS) is 19.6. The maximum atomic E-state index is 12.4. The first kappa shape index (κ1) is 17.0. The van der Waals surface area contributed by atoms with Crippen LogP contribution in [0.1, 0.15) is 45.4 Å². The molecule has 0 atom stereocenters. The van der Waals surface area contributed by atoms with Gasteiger partial charge in [0.05, 0.1) is 25.5 Å². The SMILES string of the molecule is CCCN1CCCN(c2cncc(OCC3CCCC3)n2)CC1=O. The number of amides is 1. The Balaban J connectivity index is 1.61. The molecule has 6 nitrogen and oxygen atoms in total. The van der Waals surface area contributed by atoms with Crippen LogP contribution in [0.5, 0.6) is 5.88 Å². The van der Waals surface area contributed by atoms with Crippen LogP contribution in [0.3, 0.4) is 0 Å². The predicted octanol–water partition coefficient (Wildman–Crippen LogP) is 2.49. The first-order valence-corrected chi connectivity index (χ1v) is 9.24. The van der Waals surface area contributed by atoms with Gasteiger partial charge in [-0.15, -0.1) is 0 Å². The molecular formula is C18H28N4O2. The second kappa shape index (κ2) is 8.31. The lowest BCUT2D eigenvalue weighted by Gasteiger charge is -2.22. The fraction of sp³-hybridized carbons (Fsp3) is 0.722. The van der Waals surface area contributed by atoms with E-state index in [0.717, 1.165) is 44.9 Å². The fourth-order valence-corrected chi connectivity index (χ4v) is 3.56. The number of ether oxygens (including phenoxy) is 1. The minimum atomic E-state index is 0.174. The second-order valence-electron chi connectivity index (χ2n) is 6.83. The van der Waals surface area contributed by atoms with Gasteiger partial charge in [0.1, 0.15) is 0 Å². The maximum absolute atomic E-state index is 12.4. The van der Waals surface area contributed by atoms with Gasteiger partial charge < -0.3 is 14.5 Å². The van der Waals surface area contributed by atoms with Gasteiger partial charge in [-0.1, -0.05) is 19.8 Å². The zero-order valence-corrected chi connectivity index (χ0v) is 14.6. The summed E-state index contributed by atoms with van der Waals surface area (Å²) in [5.41, 5.74) is 0. The third-order valence-electron chi connectivity index (χ3n) is 4.89. The number of rotatable bonds is 6. The monoisotopic (exact) mass is 332 g/mol. The van der Waals surface area contributed by atoms with Gasteiger partial charge in [-0.3, -0.25) is 9.78 Å². The van der Waals surface area contributed by atoms with Gasteiger partial charge in [0.25, 0.3) is 0 Å². The molecule has 1 saturated carbocycles. The molecule has 1 aromatic rings. The summed E-state index contributed by atoms with van der Waals surface area (Å²) >= 11 is 0. The summed E-state index contributed by atoms with van der Waals surface area (Å²) in [6.07, 6.45) is 10.5. The average Bonchev–Trinajstić information content (AvgIpc) is 3.05. The van der Waals surface area contributed by atoms with Crippen LogP contribution < -0.4 is 9.64 Å². The van der Waals surface area contributed by atoms with E-state index in [9.17, 15) is 4.79 Å². The third kappa shape index (κ3) is 4.36. The van der Waals surface area contributed by atoms with Crippen molar-refractivity contribution in [2.75, 3.05) is 37.7 Å². The molecule has 0 N–H and O–H groups in total. The molecule has 132 valence electrons. The Morgan fingerprint density at radius 2 is 2.04 bits per heavy atom. The molecule has 1 amide bonds. The molecule has 2 heterocycles. The average molecular weight is 332 g/mol. The Morgan fingerprint density at radius 3 is 2.83 bits per heavy atom. The summed E-state index contributed by atoms with van der Waals surface area (Å²) in [7, 11) is 0. The summed E-state index contributed by atoms with van der Waals surface area (Å²) in [6, 6.07) is 0. The van der Waals surface area contributed by atoms with Gasteiger partial charge in [0.2, 0.25) is 11.8 Å². The summed E-state index contributed by atoms with van der Waals surface area (Å²) in [4.78, 5) is 25.2. The van der Waals surface area contributed by atoms with E-state index in [4.69, 9.17) is 4.74 Å². The number of hydrogen-bond acceptors (Lipinski definition) is 5. The van der Waals surface area contributed by atoms with Crippen molar-refractivity contribution in [3.63, 3.8) is 0 Å². The smallest absolute Gasteiger partial charge is 0.242 e. The van der Waals surface area contributed by atoms with E-state index in [0.29, 0.717) is 18.3 Å². The van der Waals surface area contributed by atoms with Crippen LogP contribution in [-0.4, -0.2) is 53.6 Å². The quantitative estimate of drug-likeness (QED) is 0.801. The minimum Gasteiger partial charge on any atom is -0.476 e.